The van der Waals surface area contributed by atoms with Crippen molar-refractivity contribution in [2.45, 2.75) is 64.1 Å². The molecule has 2 aliphatic rings. The second-order valence-electron chi connectivity index (χ2n) is 7.85. The van der Waals surface area contributed by atoms with Crippen LogP contribution in [0.3, 0.4) is 0 Å². The van der Waals surface area contributed by atoms with Crippen LogP contribution in [0.4, 0.5) is 21.0 Å². The lowest BCUT2D eigenvalue weighted by atomic mass is 10.3. The molecular weight excluding hydrogens is 389 g/mol. The third-order valence-corrected chi connectivity index (χ3v) is 4.94. The fraction of sp³-hybridized carbons (Fsp3) is 0.500. The topological polar surface area (TPSA) is 120 Å². The smallest absolute Gasteiger partial charge is 0.405 e. The van der Waals surface area contributed by atoms with Gasteiger partial charge in [-0.05, 0) is 45.6 Å². The molecule has 0 unspecified atom stereocenters. The molecule has 0 saturated heterocycles. The van der Waals surface area contributed by atoms with E-state index in [0.717, 1.165) is 55.7 Å². The normalized spacial score (nSPS) is 16.8. The standard InChI is InChI=1S/C10H10N6.C5H9F.C5H9NO2/c1-7-6-16-9(13-7)3-4-11-10(16)14-8-2-5-12-15-8;6-5-3-1-2-4-5;1-5(2-3-5)6-4(7)8/h2-6H,1H3,(H2,11,12,14,15);5H,1-4H2;6H,2-3H2,1H3,(H,7,8). The SMILES string of the molecule is CC1(NC(=O)O)CC1.Cc1cn2c(Nc3ccn[nH]3)nccc2n1.FC1CCCC1. The Morgan fingerprint density at radius 3 is 2.53 bits per heavy atom. The molecule has 2 fully saturated rings. The number of H-pyrrole nitrogens is 1. The van der Waals surface area contributed by atoms with Crippen LogP contribution in [-0.4, -0.2) is 47.5 Å². The zero-order valence-electron chi connectivity index (χ0n) is 17.2. The summed E-state index contributed by atoms with van der Waals surface area (Å²) in [5, 5.41) is 20.4. The summed E-state index contributed by atoms with van der Waals surface area (Å²) in [6.07, 6.45) is 9.80. The Kier molecular flexibility index (Phi) is 6.86. The van der Waals surface area contributed by atoms with Crippen molar-refractivity contribution in [1.82, 2.24) is 29.9 Å². The molecule has 0 radical (unpaired) electrons. The van der Waals surface area contributed by atoms with E-state index in [1.54, 1.807) is 12.4 Å². The molecule has 0 atom stereocenters. The van der Waals surface area contributed by atoms with Crippen molar-refractivity contribution in [2.24, 2.45) is 0 Å². The molecule has 30 heavy (non-hydrogen) atoms. The molecule has 0 aromatic carbocycles. The Bertz CT molecular complexity index is 947. The molecule has 3 aromatic rings. The largest absolute Gasteiger partial charge is 0.465 e. The van der Waals surface area contributed by atoms with Crippen LogP contribution in [0.5, 0.6) is 0 Å². The van der Waals surface area contributed by atoms with Crippen molar-refractivity contribution in [3.8, 4) is 0 Å². The number of amides is 1. The second kappa shape index (κ2) is 9.55. The second-order valence-corrected chi connectivity index (χ2v) is 7.85. The number of aromatic amines is 1. The van der Waals surface area contributed by atoms with Gasteiger partial charge in [-0.2, -0.15) is 5.10 Å². The summed E-state index contributed by atoms with van der Waals surface area (Å²) < 4.78 is 13.8. The lowest BCUT2D eigenvalue weighted by molar-refractivity contribution is 0.189. The van der Waals surface area contributed by atoms with Crippen LogP contribution in [0.15, 0.2) is 30.7 Å². The van der Waals surface area contributed by atoms with Crippen LogP contribution in [0, 0.1) is 6.92 Å². The molecule has 4 N–H and O–H groups in total. The number of hydrogen-bond acceptors (Lipinski definition) is 5. The predicted octanol–water partition coefficient (Wildman–Crippen LogP) is 4.21. The fourth-order valence-electron chi connectivity index (χ4n) is 3.03. The first kappa shape index (κ1) is 21.5. The Labute approximate surface area is 174 Å². The number of anilines is 2. The van der Waals surface area contributed by atoms with Crippen LogP contribution in [0.1, 0.15) is 51.1 Å². The van der Waals surface area contributed by atoms with Gasteiger partial charge < -0.3 is 15.7 Å². The summed E-state index contributed by atoms with van der Waals surface area (Å²) in [4.78, 5) is 18.6. The number of aryl methyl sites for hydroxylation is 1. The summed E-state index contributed by atoms with van der Waals surface area (Å²) in [5.41, 5.74) is 1.75. The van der Waals surface area contributed by atoms with Crippen LogP contribution < -0.4 is 10.6 Å². The van der Waals surface area contributed by atoms with Gasteiger partial charge in [0, 0.05) is 24.0 Å². The minimum atomic E-state index is -0.912. The summed E-state index contributed by atoms with van der Waals surface area (Å²) in [6.45, 7) is 3.86. The van der Waals surface area contributed by atoms with Crippen LogP contribution in [0.25, 0.3) is 5.65 Å². The van der Waals surface area contributed by atoms with Gasteiger partial charge in [-0.25, -0.2) is 19.2 Å². The lowest BCUT2D eigenvalue weighted by Gasteiger charge is -2.04. The molecule has 0 bridgehead atoms. The summed E-state index contributed by atoms with van der Waals surface area (Å²) in [6, 6.07) is 3.70. The predicted molar refractivity (Wildman–Crippen MR) is 112 cm³/mol. The van der Waals surface area contributed by atoms with Gasteiger partial charge in [-0.1, -0.05) is 12.8 Å². The number of imidazole rings is 1. The molecule has 0 spiro atoms. The molecule has 1 amide bonds. The number of aromatic nitrogens is 5. The molecule has 3 heterocycles. The van der Waals surface area contributed by atoms with Gasteiger partial charge in [0.1, 0.15) is 17.6 Å². The lowest BCUT2D eigenvalue weighted by Crippen LogP contribution is -2.32. The molecule has 9 nitrogen and oxygen atoms in total. The minimum absolute atomic E-state index is 0.0775. The van der Waals surface area contributed by atoms with Gasteiger partial charge in [-0.15, -0.1) is 0 Å². The zero-order chi connectivity index (χ0) is 21.6. The van der Waals surface area contributed by atoms with E-state index in [9.17, 15) is 9.18 Å². The number of alkyl halides is 1. The Balaban J connectivity index is 0.000000152. The average molecular weight is 417 g/mol. The van der Waals surface area contributed by atoms with Crippen molar-refractivity contribution in [3.63, 3.8) is 0 Å². The van der Waals surface area contributed by atoms with Crippen LogP contribution in [0.2, 0.25) is 0 Å². The van der Waals surface area contributed by atoms with Crippen molar-refractivity contribution < 1.29 is 14.3 Å². The highest BCUT2D eigenvalue weighted by molar-refractivity contribution is 5.66. The molecule has 5 rings (SSSR count). The first-order valence-corrected chi connectivity index (χ1v) is 10.1. The van der Waals surface area contributed by atoms with Gasteiger partial charge in [0.15, 0.2) is 0 Å². The van der Waals surface area contributed by atoms with Gasteiger partial charge >= 0.3 is 6.09 Å². The van der Waals surface area contributed by atoms with Crippen LogP contribution >= 0.6 is 0 Å². The number of hydrogen-bond donors (Lipinski definition) is 4. The van der Waals surface area contributed by atoms with Crippen molar-refractivity contribution >= 4 is 23.5 Å². The number of nitrogens with zero attached hydrogens (tertiary/aromatic N) is 4. The first-order chi connectivity index (χ1) is 14.3. The maximum Gasteiger partial charge on any atom is 0.405 e. The molecule has 2 saturated carbocycles. The van der Waals surface area contributed by atoms with Crippen molar-refractivity contribution in [1.29, 1.82) is 0 Å². The Hall–Kier alpha value is -3.17. The Morgan fingerprint density at radius 1 is 1.30 bits per heavy atom. The maximum absolute atomic E-state index is 11.9. The minimum Gasteiger partial charge on any atom is -0.465 e. The van der Waals surface area contributed by atoms with E-state index in [1.807, 2.05) is 36.6 Å². The molecular formula is C20H28FN7O2. The highest BCUT2D eigenvalue weighted by Gasteiger charge is 2.38. The quantitative estimate of drug-likeness (QED) is 0.507. The van der Waals surface area contributed by atoms with Crippen molar-refractivity contribution in [3.05, 3.63) is 36.4 Å². The van der Waals surface area contributed by atoms with Gasteiger partial charge in [-0.3, -0.25) is 9.50 Å². The average Bonchev–Trinajstić information content (AvgIpc) is 3.13. The van der Waals surface area contributed by atoms with E-state index in [0.29, 0.717) is 5.95 Å². The third-order valence-electron chi connectivity index (χ3n) is 4.94. The molecule has 0 aliphatic heterocycles. The van der Waals surface area contributed by atoms with E-state index >= 15 is 0 Å². The molecule has 3 aromatic heterocycles. The van der Waals surface area contributed by atoms with Gasteiger partial charge in [0.2, 0.25) is 5.95 Å². The van der Waals surface area contributed by atoms with E-state index in [4.69, 9.17) is 5.11 Å². The zero-order valence-corrected chi connectivity index (χ0v) is 17.2. The monoisotopic (exact) mass is 417 g/mol. The molecule has 162 valence electrons. The number of nitrogens with one attached hydrogen (secondary N) is 3. The molecule has 10 heteroatoms. The highest BCUT2D eigenvalue weighted by atomic mass is 19.1. The summed E-state index contributed by atoms with van der Waals surface area (Å²) >= 11 is 0. The fourth-order valence-corrected chi connectivity index (χ4v) is 3.03. The molecule has 2 aliphatic carbocycles. The van der Waals surface area contributed by atoms with Crippen molar-refractivity contribution in [2.75, 3.05) is 5.32 Å². The number of halogens is 1. The van der Waals surface area contributed by atoms with E-state index in [2.05, 4.69) is 30.8 Å². The number of carbonyl (C=O) groups is 1. The maximum atomic E-state index is 11.9. The van der Waals surface area contributed by atoms with Gasteiger partial charge in [0.25, 0.3) is 0 Å². The van der Waals surface area contributed by atoms with E-state index < -0.39 is 12.3 Å². The first-order valence-electron chi connectivity index (χ1n) is 10.1. The number of rotatable bonds is 3. The van der Waals surface area contributed by atoms with Gasteiger partial charge in [0.05, 0.1) is 11.9 Å². The summed E-state index contributed by atoms with van der Waals surface area (Å²) in [5.74, 6) is 1.51. The third kappa shape index (κ3) is 6.43. The number of carboxylic acid groups (broad SMARTS) is 1. The number of fused-ring (bicyclic) bond motifs is 1. The van der Waals surface area contributed by atoms with E-state index in [-0.39, 0.29) is 5.54 Å². The highest BCUT2D eigenvalue weighted by Crippen LogP contribution is 2.33. The Morgan fingerprint density at radius 2 is 2.03 bits per heavy atom. The van der Waals surface area contributed by atoms with E-state index in [1.165, 1.54) is 0 Å². The van der Waals surface area contributed by atoms with Crippen LogP contribution in [-0.2, 0) is 0 Å². The summed E-state index contributed by atoms with van der Waals surface area (Å²) in [7, 11) is 0.